The Hall–Kier alpha value is -1.73. The molecule has 1 heteroatoms. The Morgan fingerprint density at radius 2 is 1.74 bits per heavy atom. The Bertz CT molecular complexity index is 973. The van der Waals surface area contributed by atoms with Gasteiger partial charge in [-0.05, 0) is 86.4 Å². The third-order valence-electron chi connectivity index (χ3n) is 10.2. The minimum Gasteiger partial charge on any atom is -0.302 e. The summed E-state index contributed by atoms with van der Waals surface area (Å²) < 4.78 is 0. The maximum atomic E-state index is 2.69. The van der Waals surface area contributed by atoms with Crippen LogP contribution in [0.1, 0.15) is 67.9 Å². The number of piperidine rings is 1. The summed E-state index contributed by atoms with van der Waals surface area (Å²) >= 11 is 0. The van der Waals surface area contributed by atoms with E-state index in [2.05, 4.69) is 95.5 Å². The lowest BCUT2D eigenvalue weighted by Gasteiger charge is -2.71. The second-order valence-electron chi connectivity index (χ2n) is 11.6. The Balaban J connectivity index is 1.63. The van der Waals surface area contributed by atoms with Crippen molar-refractivity contribution in [2.75, 3.05) is 13.6 Å². The van der Waals surface area contributed by atoms with Crippen molar-refractivity contribution in [2.24, 2.45) is 16.7 Å². The van der Waals surface area contributed by atoms with E-state index in [-0.39, 0.29) is 10.8 Å². The Labute approximate surface area is 190 Å². The third-order valence-corrected chi connectivity index (χ3v) is 10.2. The summed E-state index contributed by atoms with van der Waals surface area (Å²) in [7, 11) is 2.38. The molecule has 2 aromatic carbocycles. The zero-order valence-corrected chi connectivity index (χ0v) is 20.5. The summed E-state index contributed by atoms with van der Waals surface area (Å²) in [5, 5.41) is 0. The van der Waals surface area contributed by atoms with Gasteiger partial charge in [0, 0.05) is 16.9 Å². The highest BCUT2D eigenvalue weighted by molar-refractivity contribution is 5.52. The molecular formula is C30H40N+. The SMILES string of the molecule is Cc1ccc2c(c1C)[C@]13CCN(C)[C@H](C2)C1(C)CC[C@@H]([CH+]Cc1ccccc1)C3(C)C. The maximum absolute atomic E-state index is 2.69. The van der Waals surface area contributed by atoms with Crippen LogP contribution in [0.25, 0.3) is 0 Å². The fourth-order valence-electron chi connectivity index (χ4n) is 8.39. The molecule has 0 aromatic heterocycles. The molecule has 4 atom stereocenters. The van der Waals surface area contributed by atoms with Crippen molar-refractivity contribution in [1.82, 2.24) is 4.90 Å². The molecule has 2 aliphatic carbocycles. The lowest BCUT2D eigenvalue weighted by Crippen LogP contribution is -2.72. The molecule has 1 saturated carbocycles. The van der Waals surface area contributed by atoms with Crippen LogP contribution in [0.3, 0.4) is 0 Å². The number of hydrogen-bond donors (Lipinski definition) is 0. The number of rotatable bonds is 3. The van der Waals surface area contributed by atoms with Crippen LogP contribution in [0.2, 0.25) is 0 Å². The van der Waals surface area contributed by atoms with Crippen LogP contribution in [0.5, 0.6) is 0 Å². The van der Waals surface area contributed by atoms with Crippen LogP contribution >= 0.6 is 0 Å². The number of benzene rings is 2. The van der Waals surface area contributed by atoms with Gasteiger partial charge in [-0.3, -0.25) is 0 Å². The largest absolute Gasteiger partial charge is 0.302 e. The van der Waals surface area contributed by atoms with Crippen LogP contribution in [0.15, 0.2) is 42.5 Å². The van der Waals surface area contributed by atoms with Crippen LogP contribution in [-0.4, -0.2) is 24.5 Å². The zero-order chi connectivity index (χ0) is 22.0. The number of likely N-dealkylation sites (tertiary alicyclic amines) is 1. The number of likely N-dealkylation sites (N-methyl/N-ethyl adjacent to an activating group) is 1. The van der Waals surface area contributed by atoms with Gasteiger partial charge >= 0.3 is 0 Å². The van der Waals surface area contributed by atoms with Crippen molar-refractivity contribution in [3.8, 4) is 0 Å². The smallest absolute Gasteiger partial charge is 0.113 e. The van der Waals surface area contributed by atoms with Crippen molar-refractivity contribution >= 4 is 0 Å². The first-order chi connectivity index (χ1) is 14.7. The fourth-order valence-corrected chi connectivity index (χ4v) is 8.39. The predicted molar refractivity (Wildman–Crippen MR) is 131 cm³/mol. The van der Waals surface area contributed by atoms with E-state index in [0.29, 0.717) is 17.4 Å². The zero-order valence-electron chi connectivity index (χ0n) is 20.5. The summed E-state index contributed by atoms with van der Waals surface area (Å²) in [5.41, 5.74) is 8.69. The topological polar surface area (TPSA) is 3.24 Å². The molecule has 31 heavy (non-hydrogen) atoms. The van der Waals surface area contributed by atoms with Gasteiger partial charge in [-0.1, -0.05) is 63.2 Å². The molecule has 1 heterocycles. The van der Waals surface area contributed by atoms with Gasteiger partial charge in [0.05, 0.1) is 6.42 Å². The number of nitrogens with zero attached hydrogens (tertiary/aromatic N) is 1. The van der Waals surface area contributed by atoms with E-state index in [9.17, 15) is 0 Å². The second-order valence-corrected chi connectivity index (χ2v) is 11.6. The predicted octanol–water partition coefficient (Wildman–Crippen LogP) is 6.69. The van der Waals surface area contributed by atoms with Crippen molar-refractivity contribution < 1.29 is 0 Å². The van der Waals surface area contributed by atoms with Crippen molar-refractivity contribution in [3.63, 3.8) is 0 Å². The van der Waals surface area contributed by atoms with E-state index in [1.165, 1.54) is 43.4 Å². The summed E-state index contributed by atoms with van der Waals surface area (Å²) in [5.74, 6) is 0.649. The highest BCUT2D eigenvalue weighted by atomic mass is 15.2. The van der Waals surface area contributed by atoms with Crippen molar-refractivity contribution in [3.05, 3.63) is 76.7 Å². The van der Waals surface area contributed by atoms with E-state index in [1.54, 1.807) is 16.7 Å². The number of aryl methyl sites for hydroxylation is 1. The molecule has 2 fully saturated rings. The third kappa shape index (κ3) is 2.75. The minimum absolute atomic E-state index is 0.238. The number of hydrogen-bond acceptors (Lipinski definition) is 1. The van der Waals surface area contributed by atoms with Gasteiger partial charge in [0.15, 0.2) is 0 Å². The van der Waals surface area contributed by atoms with Crippen LogP contribution < -0.4 is 0 Å². The van der Waals surface area contributed by atoms with Gasteiger partial charge < -0.3 is 4.90 Å². The van der Waals surface area contributed by atoms with E-state index in [0.717, 1.165) is 6.42 Å². The monoisotopic (exact) mass is 414 g/mol. The average molecular weight is 415 g/mol. The Morgan fingerprint density at radius 1 is 1.00 bits per heavy atom. The normalized spacial score (nSPS) is 34.0. The van der Waals surface area contributed by atoms with Gasteiger partial charge in [0.1, 0.15) is 12.3 Å². The first-order valence-corrected chi connectivity index (χ1v) is 12.4. The quantitative estimate of drug-likeness (QED) is 0.506. The van der Waals surface area contributed by atoms with Gasteiger partial charge in [0.2, 0.25) is 0 Å². The van der Waals surface area contributed by atoms with E-state index in [4.69, 9.17) is 0 Å². The molecule has 2 aromatic rings. The van der Waals surface area contributed by atoms with E-state index < -0.39 is 0 Å². The standard InChI is InChI=1S/C30H40N/c1-21-12-14-24-20-26-29(5)17-16-25(15-13-23-10-8-7-9-11-23)28(3,4)30(29,18-19-31(26)6)27(24)22(21)2/h7-12,14-15,25-26H,13,16-20H2,1-6H3/q+1/t25-,26-,29?,30+/m1/s1. The molecule has 1 saturated heterocycles. The maximum Gasteiger partial charge on any atom is 0.113 e. The molecule has 0 N–H and O–H groups in total. The molecule has 5 rings (SSSR count). The fraction of sp³-hybridized carbons (Fsp3) is 0.567. The van der Waals surface area contributed by atoms with Crippen molar-refractivity contribution in [2.45, 2.75) is 78.2 Å². The van der Waals surface area contributed by atoms with E-state index in [1.807, 2.05) is 0 Å². The molecular weight excluding hydrogens is 374 g/mol. The summed E-state index contributed by atoms with van der Waals surface area (Å²) in [6, 6.07) is 16.5. The molecule has 0 radical (unpaired) electrons. The Kier molecular flexibility index (Phi) is 4.87. The molecule has 1 aliphatic heterocycles. The lowest BCUT2D eigenvalue weighted by atomic mass is 9.35. The van der Waals surface area contributed by atoms with Gasteiger partial charge in [-0.2, -0.15) is 0 Å². The molecule has 1 nitrogen and oxygen atoms in total. The molecule has 3 aliphatic rings. The minimum atomic E-state index is 0.238. The molecule has 2 bridgehead atoms. The highest BCUT2D eigenvalue weighted by Crippen LogP contribution is 2.71. The molecule has 0 spiro atoms. The van der Waals surface area contributed by atoms with Gasteiger partial charge in [0.25, 0.3) is 0 Å². The van der Waals surface area contributed by atoms with Gasteiger partial charge in [-0.25, -0.2) is 0 Å². The first-order valence-electron chi connectivity index (χ1n) is 12.4. The van der Waals surface area contributed by atoms with Crippen LogP contribution in [0.4, 0.5) is 0 Å². The van der Waals surface area contributed by atoms with Crippen molar-refractivity contribution in [1.29, 1.82) is 0 Å². The lowest BCUT2D eigenvalue weighted by molar-refractivity contribution is -0.152. The van der Waals surface area contributed by atoms with Crippen LogP contribution in [-0.2, 0) is 18.3 Å². The summed E-state index contributed by atoms with van der Waals surface area (Å²) in [6.45, 7) is 13.9. The number of fused-ring (bicyclic) bond motifs is 1. The first kappa shape index (κ1) is 21.1. The second kappa shape index (κ2) is 7.14. The molecule has 0 amide bonds. The highest BCUT2D eigenvalue weighted by Gasteiger charge is 2.70. The van der Waals surface area contributed by atoms with E-state index >= 15 is 0 Å². The van der Waals surface area contributed by atoms with Gasteiger partial charge in [-0.15, -0.1) is 0 Å². The Morgan fingerprint density at radius 3 is 2.48 bits per heavy atom. The van der Waals surface area contributed by atoms with Crippen LogP contribution in [0, 0.1) is 37.0 Å². The molecule has 1 unspecified atom stereocenters. The average Bonchev–Trinajstić information content (AvgIpc) is 2.73. The summed E-state index contributed by atoms with van der Waals surface area (Å²) in [4.78, 5) is 2.69. The summed E-state index contributed by atoms with van der Waals surface area (Å²) in [6.07, 6.45) is 8.94. The molecule has 164 valence electrons.